The first-order valence-corrected chi connectivity index (χ1v) is 4.72. The lowest BCUT2D eigenvalue weighted by Gasteiger charge is -2.06. The third-order valence-electron chi connectivity index (χ3n) is 2.04. The summed E-state index contributed by atoms with van der Waals surface area (Å²) in [6, 6.07) is 0. The van der Waals surface area contributed by atoms with Gasteiger partial charge in [0, 0.05) is 0 Å². The lowest BCUT2D eigenvalue weighted by molar-refractivity contribution is 0.732. The van der Waals surface area contributed by atoms with Crippen molar-refractivity contribution in [3.8, 4) is 0 Å². The highest BCUT2D eigenvalue weighted by Gasteiger charge is 2.05. The van der Waals surface area contributed by atoms with Gasteiger partial charge in [0.2, 0.25) is 0 Å². The monoisotopic (exact) mass is 154 g/mol. The molecule has 0 N–H and O–H groups in total. The summed E-state index contributed by atoms with van der Waals surface area (Å²) in [7, 11) is 0. The minimum Gasteiger partial charge on any atom is -0.152 e. The Balaban J connectivity index is 2.82. The molecule has 0 amide bonds. The molecule has 0 bridgehead atoms. The molecule has 1 unspecified atom stereocenters. The van der Waals surface area contributed by atoms with Gasteiger partial charge in [0.05, 0.1) is 0 Å². The zero-order chi connectivity index (χ0) is 7.56. The Morgan fingerprint density at radius 1 is 1.50 bits per heavy atom. The van der Waals surface area contributed by atoms with Crippen LogP contribution in [0.15, 0.2) is 10.8 Å². The number of hydrogen-bond acceptors (Lipinski definition) is 1. The molecule has 0 spiro atoms. The number of thiophene rings is 1. The van der Waals surface area contributed by atoms with Crippen LogP contribution in [-0.2, 0) is 0 Å². The van der Waals surface area contributed by atoms with Crippen LogP contribution in [-0.4, -0.2) is 0 Å². The van der Waals surface area contributed by atoms with Crippen molar-refractivity contribution in [2.45, 2.75) is 33.1 Å². The summed E-state index contributed by atoms with van der Waals surface area (Å²) in [4.78, 5) is 0. The summed E-state index contributed by atoms with van der Waals surface area (Å²) in [5.74, 6) is 0.742. The molecule has 0 saturated heterocycles. The predicted molar refractivity (Wildman–Crippen MR) is 47.8 cm³/mol. The standard InChI is InChI=1S/C9H14S/c1-4-7(2)9-6-10-5-8(9)3/h5-7H,4H2,1-3H3. The van der Waals surface area contributed by atoms with E-state index in [1.54, 1.807) is 0 Å². The average Bonchev–Trinajstić information content (AvgIpc) is 2.34. The molecule has 1 heterocycles. The summed E-state index contributed by atoms with van der Waals surface area (Å²) < 4.78 is 0. The Bertz CT molecular complexity index is 200. The first kappa shape index (κ1) is 7.80. The van der Waals surface area contributed by atoms with Crippen molar-refractivity contribution in [2.24, 2.45) is 0 Å². The first-order chi connectivity index (χ1) is 4.75. The summed E-state index contributed by atoms with van der Waals surface area (Å²) in [6.07, 6.45) is 1.25. The van der Waals surface area contributed by atoms with Crippen LogP contribution in [0.3, 0.4) is 0 Å². The fourth-order valence-corrected chi connectivity index (χ4v) is 2.07. The van der Waals surface area contributed by atoms with E-state index in [9.17, 15) is 0 Å². The molecule has 1 atom stereocenters. The lowest BCUT2D eigenvalue weighted by Crippen LogP contribution is -1.89. The second-order valence-electron chi connectivity index (χ2n) is 2.82. The van der Waals surface area contributed by atoms with Crippen molar-refractivity contribution in [1.29, 1.82) is 0 Å². The molecule has 0 aliphatic heterocycles. The Morgan fingerprint density at radius 3 is 2.60 bits per heavy atom. The van der Waals surface area contributed by atoms with E-state index in [0.29, 0.717) is 0 Å². The van der Waals surface area contributed by atoms with Crippen LogP contribution in [0.5, 0.6) is 0 Å². The van der Waals surface area contributed by atoms with Gasteiger partial charge in [0.15, 0.2) is 0 Å². The zero-order valence-electron chi connectivity index (χ0n) is 6.85. The Morgan fingerprint density at radius 2 is 2.20 bits per heavy atom. The van der Waals surface area contributed by atoms with E-state index in [-0.39, 0.29) is 0 Å². The van der Waals surface area contributed by atoms with E-state index in [1.165, 1.54) is 17.5 Å². The summed E-state index contributed by atoms with van der Waals surface area (Å²) in [5, 5.41) is 4.49. The number of hydrogen-bond donors (Lipinski definition) is 0. The number of aryl methyl sites for hydroxylation is 1. The Labute approximate surface area is 66.9 Å². The molecule has 1 aromatic heterocycles. The Hall–Kier alpha value is -0.300. The van der Waals surface area contributed by atoms with Gasteiger partial charge < -0.3 is 0 Å². The van der Waals surface area contributed by atoms with E-state index in [1.807, 2.05) is 11.3 Å². The van der Waals surface area contributed by atoms with Crippen LogP contribution in [0, 0.1) is 6.92 Å². The van der Waals surface area contributed by atoms with Gasteiger partial charge in [-0.2, -0.15) is 11.3 Å². The molecule has 0 fully saturated rings. The highest BCUT2D eigenvalue weighted by molar-refractivity contribution is 7.08. The Kier molecular flexibility index (Phi) is 2.50. The van der Waals surface area contributed by atoms with Crippen molar-refractivity contribution < 1.29 is 0 Å². The lowest BCUT2D eigenvalue weighted by atomic mass is 9.99. The van der Waals surface area contributed by atoms with E-state index < -0.39 is 0 Å². The highest BCUT2D eigenvalue weighted by Crippen LogP contribution is 2.24. The van der Waals surface area contributed by atoms with Crippen LogP contribution >= 0.6 is 11.3 Å². The summed E-state index contributed by atoms with van der Waals surface area (Å²) in [5.41, 5.74) is 2.99. The molecular formula is C9H14S. The van der Waals surface area contributed by atoms with Gasteiger partial charge in [0.25, 0.3) is 0 Å². The van der Waals surface area contributed by atoms with Crippen molar-refractivity contribution >= 4 is 11.3 Å². The second-order valence-corrected chi connectivity index (χ2v) is 3.56. The summed E-state index contributed by atoms with van der Waals surface area (Å²) in [6.45, 7) is 6.72. The van der Waals surface area contributed by atoms with Gasteiger partial charge in [-0.3, -0.25) is 0 Å². The van der Waals surface area contributed by atoms with E-state index in [2.05, 4.69) is 31.5 Å². The zero-order valence-corrected chi connectivity index (χ0v) is 7.66. The fraction of sp³-hybridized carbons (Fsp3) is 0.556. The molecule has 1 aromatic rings. The maximum Gasteiger partial charge on any atom is -0.00558 e. The van der Waals surface area contributed by atoms with Crippen molar-refractivity contribution in [1.82, 2.24) is 0 Å². The normalized spacial score (nSPS) is 13.5. The van der Waals surface area contributed by atoms with Crippen molar-refractivity contribution in [2.75, 3.05) is 0 Å². The van der Waals surface area contributed by atoms with Gasteiger partial charge in [-0.1, -0.05) is 13.8 Å². The first-order valence-electron chi connectivity index (χ1n) is 3.78. The minimum atomic E-state index is 0.742. The van der Waals surface area contributed by atoms with Crippen LogP contribution < -0.4 is 0 Å². The van der Waals surface area contributed by atoms with Crippen molar-refractivity contribution in [3.05, 3.63) is 21.9 Å². The van der Waals surface area contributed by atoms with Crippen LogP contribution in [0.1, 0.15) is 37.3 Å². The van der Waals surface area contributed by atoms with E-state index >= 15 is 0 Å². The van der Waals surface area contributed by atoms with Gasteiger partial charge in [-0.25, -0.2) is 0 Å². The summed E-state index contributed by atoms with van der Waals surface area (Å²) >= 11 is 1.81. The highest BCUT2D eigenvalue weighted by atomic mass is 32.1. The fourth-order valence-electron chi connectivity index (χ4n) is 1.10. The van der Waals surface area contributed by atoms with Crippen LogP contribution in [0.4, 0.5) is 0 Å². The molecule has 56 valence electrons. The maximum absolute atomic E-state index is 2.29. The second kappa shape index (κ2) is 3.20. The maximum atomic E-state index is 2.29. The molecule has 1 heteroatoms. The molecular weight excluding hydrogens is 140 g/mol. The molecule has 0 aliphatic rings. The van der Waals surface area contributed by atoms with E-state index in [4.69, 9.17) is 0 Å². The number of rotatable bonds is 2. The van der Waals surface area contributed by atoms with Gasteiger partial charge in [-0.05, 0) is 41.1 Å². The van der Waals surface area contributed by atoms with Crippen molar-refractivity contribution in [3.63, 3.8) is 0 Å². The third-order valence-corrected chi connectivity index (χ3v) is 2.92. The molecule has 0 aromatic carbocycles. The quantitative estimate of drug-likeness (QED) is 0.611. The van der Waals surface area contributed by atoms with E-state index in [0.717, 1.165) is 5.92 Å². The molecule has 0 saturated carbocycles. The van der Waals surface area contributed by atoms with Gasteiger partial charge >= 0.3 is 0 Å². The SMILES string of the molecule is CCC(C)c1cscc1C. The smallest absolute Gasteiger partial charge is 0.00558 e. The molecule has 0 radical (unpaired) electrons. The molecule has 1 rings (SSSR count). The average molecular weight is 154 g/mol. The third kappa shape index (κ3) is 1.40. The van der Waals surface area contributed by atoms with Gasteiger partial charge in [-0.15, -0.1) is 0 Å². The van der Waals surface area contributed by atoms with Crippen LogP contribution in [0.2, 0.25) is 0 Å². The topological polar surface area (TPSA) is 0 Å². The molecule has 10 heavy (non-hydrogen) atoms. The minimum absolute atomic E-state index is 0.742. The molecule has 0 nitrogen and oxygen atoms in total. The molecule has 0 aliphatic carbocycles. The largest absolute Gasteiger partial charge is 0.152 e. The van der Waals surface area contributed by atoms with Crippen LogP contribution in [0.25, 0.3) is 0 Å². The van der Waals surface area contributed by atoms with Gasteiger partial charge in [0.1, 0.15) is 0 Å². The predicted octanol–water partition coefficient (Wildman–Crippen LogP) is 3.57.